The molecule has 0 saturated carbocycles. The van der Waals surface area contributed by atoms with Gasteiger partial charge >= 0.3 is 0 Å². The number of nitrogens with one attached hydrogen (secondary N) is 1. The highest BCUT2D eigenvalue weighted by atomic mass is 32.1. The zero-order valence-electron chi connectivity index (χ0n) is 9.24. The maximum Gasteiger partial charge on any atom is 0.134 e. The van der Waals surface area contributed by atoms with E-state index in [9.17, 15) is 0 Å². The van der Waals surface area contributed by atoms with Gasteiger partial charge in [-0.1, -0.05) is 4.49 Å². The largest absolute Gasteiger partial charge is 0.374 e. The van der Waals surface area contributed by atoms with Gasteiger partial charge in [-0.2, -0.15) is 0 Å². The molecule has 0 fully saturated rings. The molecule has 0 amide bonds. The normalized spacial score (nSPS) is 11.3. The maximum absolute atomic E-state index is 4.12. The lowest BCUT2D eigenvalue weighted by Crippen LogP contribution is -2.26. The molecule has 1 aromatic rings. The smallest absolute Gasteiger partial charge is 0.134 e. The van der Waals surface area contributed by atoms with E-state index in [0.29, 0.717) is 6.04 Å². The maximum atomic E-state index is 4.12. The summed E-state index contributed by atoms with van der Waals surface area (Å²) in [5.74, 6) is 0. The molecule has 0 aromatic carbocycles. The number of anilines is 1. The fourth-order valence-electron chi connectivity index (χ4n) is 1.03. The summed E-state index contributed by atoms with van der Waals surface area (Å²) >= 11 is 1.43. The van der Waals surface area contributed by atoms with Gasteiger partial charge < -0.3 is 5.32 Å². The summed E-state index contributed by atoms with van der Waals surface area (Å²) < 4.78 is 3.96. The van der Waals surface area contributed by atoms with Gasteiger partial charge in [0.2, 0.25) is 0 Å². The molecule has 0 radical (unpaired) electrons. The molecule has 0 bridgehead atoms. The SMILES string of the molecule is CCNc1snnc1CN(C)C(C)C. The first kappa shape index (κ1) is 11.4. The molecular formula is C9H18N4S. The highest BCUT2D eigenvalue weighted by Gasteiger charge is 2.11. The van der Waals surface area contributed by atoms with Gasteiger partial charge in [0.05, 0.1) is 0 Å². The lowest BCUT2D eigenvalue weighted by Gasteiger charge is -2.19. The first-order valence-electron chi connectivity index (χ1n) is 4.90. The zero-order valence-corrected chi connectivity index (χ0v) is 10.1. The van der Waals surface area contributed by atoms with E-state index in [2.05, 4.69) is 47.6 Å². The molecule has 1 aromatic heterocycles. The monoisotopic (exact) mass is 214 g/mol. The first-order valence-corrected chi connectivity index (χ1v) is 5.67. The second-order valence-electron chi connectivity index (χ2n) is 3.59. The Kier molecular flexibility index (Phi) is 4.28. The third-order valence-corrected chi connectivity index (χ3v) is 2.90. The molecule has 5 heteroatoms. The average molecular weight is 214 g/mol. The van der Waals surface area contributed by atoms with Crippen molar-refractivity contribution in [3.05, 3.63) is 5.69 Å². The Morgan fingerprint density at radius 3 is 2.79 bits per heavy atom. The quantitative estimate of drug-likeness (QED) is 0.811. The Morgan fingerprint density at radius 1 is 1.50 bits per heavy atom. The molecule has 0 unspecified atom stereocenters. The van der Waals surface area contributed by atoms with Gasteiger partial charge in [0.25, 0.3) is 0 Å². The molecule has 0 aliphatic carbocycles. The Hall–Kier alpha value is -0.680. The van der Waals surface area contributed by atoms with Gasteiger partial charge in [0.15, 0.2) is 0 Å². The van der Waals surface area contributed by atoms with Crippen LogP contribution in [-0.4, -0.2) is 34.1 Å². The lowest BCUT2D eigenvalue weighted by molar-refractivity contribution is 0.263. The molecule has 4 nitrogen and oxygen atoms in total. The number of rotatable bonds is 5. The molecule has 0 saturated heterocycles. The van der Waals surface area contributed by atoms with Gasteiger partial charge in [-0.3, -0.25) is 4.90 Å². The van der Waals surface area contributed by atoms with E-state index < -0.39 is 0 Å². The van der Waals surface area contributed by atoms with Gasteiger partial charge in [-0.25, -0.2) is 0 Å². The molecule has 1 heterocycles. The second kappa shape index (κ2) is 5.26. The van der Waals surface area contributed by atoms with Crippen molar-refractivity contribution >= 4 is 16.5 Å². The van der Waals surface area contributed by atoms with Crippen LogP contribution in [0.2, 0.25) is 0 Å². The van der Waals surface area contributed by atoms with E-state index in [-0.39, 0.29) is 0 Å². The summed E-state index contributed by atoms with van der Waals surface area (Å²) in [4.78, 5) is 2.25. The highest BCUT2D eigenvalue weighted by molar-refractivity contribution is 7.10. The van der Waals surface area contributed by atoms with Crippen LogP contribution in [0.3, 0.4) is 0 Å². The minimum Gasteiger partial charge on any atom is -0.374 e. The van der Waals surface area contributed by atoms with Crippen LogP contribution in [0.25, 0.3) is 0 Å². The van der Waals surface area contributed by atoms with Crippen LogP contribution >= 0.6 is 11.5 Å². The first-order chi connectivity index (χ1) is 6.65. The van der Waals surface area contributed by atoms with Crippen molar-refractivity contribution in [3.8, 4) is 0 Å². The summed E-state index contributed by atoms with van der Waals surface area (Å²) in [7, 11) is 2.10. The van der Waals surface area contributed by atoms with Crippen LogP contribution in [0.4, 0.5) is 5.00 Å². The van der Waals surface area contributed by atoms with E-state index in [1.165, 1.54) is 11.5 Å². The highest BCUT2D eigenvalue weighted by Crippen LogP contribution is 2.19. The van der Waals surface area contributed by atoms with E-state index in [1.807, 2.05) is 0 Å². The lowest BCUT2D eigenvalue weighted by atomic mass is 10.3. The molecule has 1 rings (SSSR count). The summed E-state index contributed by atoms with van der Waals surface area (Å²) in [6.07, 6.45) is 0. The van der Waals surface area contributed by atoms with Crippen molar-refractivity contribution in [3.63, 3.8) is 0 Å². The van der Waals surface area contributed by atoms with Crippen molar-refractivity contribution in [2.75, 3.05) is 18.9 Å². The zero-order chi connectivity index (χ0) is 10.6. The molecule has 0 aliphatic heterocycles. The van der Waals surface area contributed by atoms with Crippen molar-refractivity contribution in [2.24, 2.45) is 0 Å². The summed E-state index contributed by atoms with van der Waals surface area (Å²) in [6, 6.07) is 0.533. The average Bonchev–Trinajstić information content (AvgIpc) is 2.53. The van der Waals surface area contributed by atoms with Crippen LogP contribution in [0.1, 0.15) is 26.5 Å². The Labute approximate surface area is 89.5 Å². The molecule has 0 aliphatic rings. The molecule has 0 spiro atoms. The molecule has 80 valence electrons. The van der Waals surface area contributed by atoms with Crippen LogP contribution in [0.5, 0.6) is 0 Å². The number of aromatic nitrogens is 2. The predicted molar refractivity (Wildman–Crippen MR) is 60.7 cm³/mol. The number of hydrogen-bond donors (Lipinski definition) is 1. The van der Waals surface area contributed by atoms with E-state index in [1.54, 1.807) is 0 Å². The van der Waals surface area contributed by atoms with E-state index >= 15 is 0 Å². The van der Waals surface area contributed by atoms with Crippen molar-refractivity contribution in [1.82, 2.24) is 14.5 Å². The minimum absolute atomic E-state index is 0.533. The van der Waals surface area contributed by atoms with E-state index in [4.69, 9.17) is 0 Å². The van der Waals surface area contributed by atoms with Gasteiger partial charge in [-0.15, -0.1) is 5.10 Å². The number of hydrogen-bond acceptors (Lipinski definition) is 5. The fraction of sp³-hybridized carbons (Fsp3) is 0.778. The molecule has 0 atom stereocenters. The Balaban J connectivity index is 2.61. The minimum atomic E-state index is 0.533. The van der Waals surface area contributed by atoms with Gasteiger partial charge in [-0.05, 0) is 27.8 Å². The van der Waals surface area contributed by atoms with Gasteiger partial charge in [0, 0.05) is 30.7 Å². The topological polar surface area (TPSA) is 41.1 Å². The predicted octanol–water partition coefficient (Wildman–Crippen LogP) is 1.81. The molecule has 14 heavy (non-hydrogen) atoms. The summed E-state index contributed by atoms with van der Waals surface area (Å²) in [6.45, 7) is 8.20. The van der Waals surface area contributed by atoms with Crippen LogP contribution < -0.4 is 5.32 Å². The summed E-state index contributed by atoms with van der Waals surface area (Å²) in [5.41, 5.74) is 1.05. The fourth-order valence-corrected chi connectivity index (χ4v) is 1.67. The van der Waals surface area contributed by atoms with Crippen molar-refractivity contribution < 1.29 is 0 Å². The molecular weight excluding hydrogens is 196 g/mol. The third kappa shape index (κ3) is 2.92. The Morgan fingerprint density at radius 2 is 2.21 bits per heavy atom. The van der Waals surface area contributed by atoms with Gasteiger partial charge in [0.1, 0.15) is 10.7 Å². The Bertz CT molecular complexity index is 272. The van der Waals surface area contributed by atoms with E-state index in [0.717, 1.165) is 23.8 Å². The molecule has 1 N–H and O–H groups in total. The van der Waals surface area contributed by atoms with Crippen LogP contribution in [0, 0.1) is 0 Å². The number of nitrogens with zero attached hydrogens (tertiary/aromatic N) is 3. The van der Waals surface area contributed by atoms with Crippen molar-refractivity contribution in [2.45, 2.75) is 33.4 Å². The third-order valence-electron chi connectivity index (χ3n) is 2.17. The standard InChI is InChI=1S/C9H18N4S/c1-5-10-9-8(11-12-14-9)6-13(4)7(2)3/h7,10H,5-6H2,1-4H3. The van der Waals surface area contributed by atoms with Crippen LogP contribution in [-0.2, 0) is 6.54 Å². The summed E-state index contributed by atoms with van der Waals surface area (Å²) in [5, 5.41) is 8.49. The van der Waals surface area contributed by atoms with Crippen LogP contribution in [0.15, 0.2) is 0 Å². The second-order valence-corrected chi connectivity index (χ2v) is 4.34. The van der Waals surface area contributed by atoms with Crippen molar-refractivity contribution in [1.29, 1.82) is 0 Å².